The normalized spacial score (nSPS) is 24.7. The number of carbonyl (C=O) groups excluding carboxylic acids is 1. The smallest absolute Gasteiger partial charge is 0.290 e. The summed E-state index contributed by atoms with van der Waals surface area (Å²) < 4.78 is 34.6. The van der Waals surface area contributed by atoms with E-state index in [-0.39, 0.29) is 55.3 Å². The number of alkyl halides is 2. The van der Waals surface area contributed by atoms with E-state index in [0.29, 0.717) is 29.1 Å². The van der Waals surface area contributed by atoms with Gasteiger partial charge >= 0.3 is 0 Å². The van der Waals surface area contributed by atoms with E-state index in [2.05, 4.69) is 20.3 Å². The molecule has 0 bridgehead atoms. The fourth-order valence-corrected chi connectivity index (χ4v) is 3.90. The van der Waals surface area contributed by atoms with Crippen LogP contribution < -0.4 is 15.0 Å². The highest BCUT2D eigenvalue weighted by molar-refractivity contribution is 5.95. The SMILES string of the molecule is C[C@H]1[C@H](O)CN1c1nc(-c2cnc3c(c2)OCCNC3=O)c2c(n1)C(F)(F)CC2. The molecule has 8 nitrogen and oxygen atoms in total. The van der Waals surface area contributed by atoms with E-state index in [1.165, 1.54) is 6.20 Å². The number of rotatable bonds is 2. The van der Waals surface area contributed by atoms with E-state index >= 15 is 0 Å². The molecule has 3 aliphatic rings. The Morgan fingerprint density at radius 2 is 2.17 bits per heavy atom. The summed E-state index contributed by atoms with van der Waals surface area (Å²) >= 11 is 0. The molecule has 0 unspecified atom stereocenters. The molecule has 0 saturated carbocycles. The predicted octanol–water partition coefficient (Wildman–Crippen LogP) is 1.27. The van der Waals surface area contributed by atoms with Gasteiger partial charge in [0, 0.05) is 30.3 Å². The number of amides is 1. The Hall–Kier alpha value is -2.88. The van der Waals surface area contributed by atoms with E-state index in [1.54, 1.807) is 17.9 Å². The first kappa shape index (κ1) is 18.2. The summed E-state index contributed by atoms with van der Waals surface area (Å²) in [5, 5.41) is 12.5. The van der Waals surface area contributed by atoms with Gasteiger partial charge in [-0.25, -0.2) is 15.0 Å². The molecule has 1 fully saturated rings. The molecule has 0 spiro atoms. The molecule has 0 aromatic carbocycles. The van der Waals surface area contributed by atoms with Crippen molar-refractivity contribution in [3.05, 3.63) is 29.2 Å². The lowest BCUT2D eigenvalue weighted by Gasteiger charge is -2.43. The van der Waals surface area contributed by atoms with E-state index in [9.17, 15) is 18.7 Å². The molecule has 1 amide bonds. The Morgan fingerprint density at radius 1 is 1.34 bits per heavy atom. The number of aliphatic hydroxyl groups excluding tert-OH is 1. The third kappa shape index (κ3) is 2.81. The summed E-state index contributed by atoms with van der Waals surface area (Å²) in [5.74, 6) is -2.92. The zero-order valence-corrected chi connectivity index (χ0v) is 15.7. The number of ether oxygens (including phenoxy) is 1. The van der Waals surface area contributed by atoms with Crippen LogP contribution in [0, 0.1) is 0 Å². The zero-order valence-electron chi connectivity index (χ0n) is 15.7. The number of nitrogens with one attached hydrogen (secondary N) is 1. The fourth-order valence-electron chi connectivity index (χ4n) is 3.90. The number of nitrogens with zero attached hydrogens (tertiary/aromatic N) is 4. The fraction of sp³-hybridized carbons (Fsp3) is 0.474. The first-order valence-corrected chi connectivity index (χ1v) is 9.50. The van der Waals surface area contributed by atoms with Gasteiger partial charge in [0.1, 0.15) is 12.3 Å². The van der Waals surface area contributed by atoms with Crippen LogP contribution in [0.1, 0.15) is 35.1 Å². The van der Waals surface area contributed by atoms with E-state index in [4.69, 9.17) is 4.74 Å². The average molecular weight is 403 g/mol. The molecule has 1 aliphatic carbocycles. The molecule has 2 aromatic heterocycles. The Labute approximate surface area is 164 Å². The van der Waals surface area contributed by atoms with Crippen LogP contribution in [0.2, 0.25) is 0 Å². The number of aliphatic hydroxyl groups is 1. The maximum atomic E-state index is 14.5. The standard InChI is InChI=1S/C19H19F2N5O3/c1-9-12(27)8-26(9)18-24-14(11-2-3-19(20,21)16(11)25-18)10-6-13-15(23-7-10)17(28)22-4-5-29-13/h6-7,9,12,27H,2-5,8H2,1H3,(H,22,28)/t9-,12+/m0/s1. The number of pyridine rings is 1. The van der Waals surface area contributed by atoms with Crippen molar-refractivity contribution in [2.24, 2.45) is 0 Å². The number of anilines is 1. The van der Waals surface area contributed by atoms with Gasteiger partial charge in [0.15, 0.2) is 11.4 Å². The van der Waals surface area contributed by atoms with Crippen molar-refractivity contribution >= 4 is 11.9 Å². The number of halogens is 2. The van der Waals surface area contributed by atoms with Gasteiger partial charge in [0.05, 0.1) is 24.4 Å². The Kier molecular flexibility index (Phi) is 3.95. The third-order valence-electron chi connectivity index (χ3n) is 5.71. The van der Waals surface area contributed by atoms with Crippen LogP contribution in [0.25, 0.3) is 11.3 Å². The number of hydrogen-bond acceptors (Lipinski definition) is 7. The Bertz CT molecular complexity index is 1020. The van der Waals surface area contributed by atoms with Crippen LogP contribution in [-0.2, 0) is 12.3 Å². The number of carbonyl (C=O) groups is 1. The van der Waals surface area contributed by atoms with Crippen LogP contribution in [0.4, 0.5) is 14.7 Å². The predicted molar refractivity (Wildman–Crippen MR) is 98.1 cm³/mol. The second kappa shape index (κ2) is 6.31. The van der Waals surface area contributed by atoms with Gasteiger partial charge in [-0.05, 0) is 19.4 Å². The number of β-amino-alcohol motifs (C(OH)–C–C–N with tert-alkyl or cyclic N) is 1. The second-order valence-corrected chi connectivity index (χ2v) is 7.54. The van der Waals surface area contributed by atoms with Gasteiger partial charge in [-0.2, -0.15) is 8.78 Å². The van der Waals surface area contributed by atoms with Gasteiger partial charge in [0.25, 0.3) is 11.8 Å². The van der Waals surface area contributed by atoms with E-state index in [0.717, 1.165) is 0 Å². The lowest BCUT2D eigenvalue weighted by atomic mass is 10.0. The molecule has 2 atom stereocenters. The summed E-state index contributed by atoms with van der Waals surface area (Å²) in [6.45, 7) is 2.73. The van der Waals surface area contributed by atoms with Crippen molar-refractivity contribution in [3.63, 3.8) is 0 Å². The van der Waals surface area contributed by atoms with Crippen LogP contribution in [-0.4, -0.2) is 57.8 Å². The Morgan fingerprint density at radius 3 is 2.93 bits per heavy atom. The molecular formula is C19H19F2N5O3. The first-order chi connectivity index (χ1) is 13.8. The average Bonchev–Trinajstić information content (AvgIpc) is 2.90. The first-order valence-electron chi connectivity index (χ1n) is 9.50. The third-order valence-corrected chi connectivity index (χ3v) is 5.71. The van der Waals surface area contributed by atoms with Gasteiger partial charge in [-0.1, -0.05) is 0 Å². The second-order valence-electron chi connectivity index (χ2n) is 7.54. The van der Waals surface area contributed by atoms with Crippen LogP contribution >= 0.6 is 0 Å². The van der Waals surface area contributed by atoms with Crippen molar-refractivity contribution in [1.82, 2.24) is 20.3 Å². The molecule has 2 N–H and O–H groups in total. The molecular weight excluding hydrogens is 384 g/mol. The summed E-state index contributed by atoms with van der Waals surface area (Å²) in [4.78, 5) is 26.7. The largest absolute Gasteiger partial charge is 0.489 e. The lowest BCUT2D eigenvalue weighted by Crippen LogP contribution is -2.59. The summed E-state index contributed by atoms with van der Waals surface area (Å²) in [5.41, 5.74) is 1.11. The number of aromatic nitrogens is 3. The summed E-state index contributed by atoms with van der Waals surface area (Å²) in [7, 11) is 0. The topological polar surface area (TPSA) is 100 Å². The van der Waals surface area contributed by atoms with Gasteiger partial charge in [0.2, 0.25) is 5.95 Å². The van der Waals surface area contributed by atoms with Crippen molar-refractivity contribution < 1.29 is 23.4 Å². The summed E-state index contributed by atoms with van der Waals surface area (Å²) in [6, 6.07) is 1.36. The van der Waals surface area contributed by atoms with E-state index in [1.807, 2.05) is 0 Å². The van der Waals surface area contributed by atoms with Crippen molar-refractivity contribution in [2.45, 2.75) is 37.8 Å². The monoisotopic (exact) mass is 403 g/mol. The molecule has 10 heteroatoms. The minimum Gasteiger partial charge on any atom is -0.489 e. The lowest BCUT2D eigenvalue weighted by molar-refractivity contribution is -0.00603. The minimum atomic E-state index is -3.04. The quantitative estimate of drug-likeness (QED) is 0.779. The van der Waals surface area contributed by atoms with Gasteiger partial charge in [-0.15, -0.1) is 0 Å². The van der Waals surface area contributed by atoms with Crippen molar-refractivity contribution in [3.8, 4) is 17.0 Å². The Balaban J connectivity index is 1.64. The van der Waals surface area contributed by atoms with Crippen LogP contribution in [0.3, 0.4) is 0 Å². The maximum Gasteiger partial charge on any atom is 0.290 e. The number of fused-ring (bicyclic) bond motifs is 2. The van der Waals surface area contributed by atoms with Crippen LogP contribution in [0.5, 0.6) is 5.75 Å². The highest BCUT2D eigenvalue weighted by Crippen LogP contribution is 2.45. The molecule has 2 aliphatic heterocycles. The minimum absolute atomic E-state index is 0.147. The van der Waals surface area contributed by atoms with Crippen LogP contribution in [0.15, 0.2) is 12.3 Å². The molecule has 1 saturated heterocycles. The molecule has 0 radical (unpaired) electrons. The van der Waals surface area contributed by atoms with Gasteiger partial charge in [-0.3, -0.25) is 4.79 Å². The maximum absolute atomic E-state index is 14.5. The number of hydrogen-bond donors (Lipinski definition) is 2. The van der Waals surface area contributed by atoms with E-state index < -0.39 is 12.0 Å². The van der Waals surface area contributed by atoms with Gasteiger partial charge < -0.3 is 20.1 Å². The molecule has 2 aromatic rings. The zero-order chi connectivity index (χ0) is 20.3. The summed E-state index contributed by atoms with van der Waals surface area (Å²) in [6.07, 6.45) is 0.721. The molecule has 4 heterocycles. The van der Waals surface area contributed by atoms with Crippen molar-refractivity contribution in [2.75, 3.05) is 24.6 Å². The molecule has 29 heavy (non-hydrogen) atoms. The highest BCUT2D eigenvalue weighted by atomic mass is 19.3. The highest BCUT2D eigenvalue weighted by Gasteiger charge is 2.45. The molecule has 5 rings (SSSR count). The molecule has 152 valence electrons. The van der Waals surface area contributed by atoms with Crippen molar-refractivity contribution in [1.29, 1.82) is 0 Å².